The number of nitrogens with zero attached hydrogens (tertiary/aromatic N) is 2. The zero-order valence-electron chi connectivity index (χ0n) is 23.4. The number of carbonyl (C=O) groups excluding carboxylic acids is 2. The Morgan fingerprint density at radius 2 is 1.21 bits per heavy atom. The molecular formula is C36H29BrN4O2. The van der Waals surface area contributed by atoms with E-state index in [1.165, 1.54) is 5.39 Å². The molecule has 0 fully saturated rings. The number of ketones is 2. The lowest BCUT2D eigenvalue weighted by Crippen LogP contribution is -2.00. The number of aryl methyl sites for hydroxylation is 2. The molecular weight excluding hydrogens is 600 g/mol. The first-order valence-electron chi connectivity index (χ1n) is 14.1. The molecule has 0 saturated carbocycles. The highest BCUT2D eigenvalue weighted by Crippen LogP contribution is 2.31. The van der Waals surface area contributed by atoms with Crippen molar-refractivity contribution in [1.29, 1.82) is 0 Å². The molecule has 212 valence electrons. The highest BCUT2D eigenvalue weighted by molar-refractivity contribution is 9.10. The lowest BCUT2D eigenvalue weighted by molar-refractivity contribution is 0.0987. The molecule has 2 aromatic heterocycles. The summed E-state index contributed by atoms with van der Waals surface area (Å²) < 4.78 is 1.02. The summed E-state index contributed by atoms with van der Waals surface area (Å²) in [5.41, 5.74) is 13.9. The van der Waals surface area contributed by atoms with Crippen LogP contribution in [0.1, 0.15) is 44.7 Å². The van der Waals surface area contributed by atoms with Crippen molar-refractivity contribution < 1.29 is 9.59 Å². The van der Waals surface area contributed by atoms with E-state index in [1.807, 2.05) is 85.1 Å². The number of anilines is 3. The van der Waals surface area contributed by atoms with Crippen LogP contribution >= 0.6 is 15.9 Å². The van der Waals surface area contributed by atoms with Crippen LogP contribution in [0.4, 0.5) is 17.1 Å². The van der Waals surface area contributed by atoms with E-state index < -0.39 is 0 Å². The molecule has 2 aliphatic rings. The number of fused-ring (bicyclic) bond motifs is 4. The van der Waals surface area contributed by atoms with Gasteiger partial charge in [-0.25, -0.2) is 0 Å². The number of rotatable bonds is 2. The molecule has 2 aliphatic carbocycles. The van der Waals surface area contributed by atoms with Crippen molar-refractivity contribution in [2.24, 2.45) is 0 Å². The zero-order valence-corrected chi connectivity index (χ0v) is 25.0. The summed E-state index contributed by atoms with van der Waals surface area (Å²) in [7, 11) is 0. The molecule has 0 spiro atoms. The maximum Gasteiger partial charge on any atom is 0.165 e. The van der Waals surface area contributed by atoms with Gasteiger partial charge in [0.15, 0.2) is 11.6 Å². The molecule has 6 aromatic rings. The summed E-state index contributed by atoms with van der Waals surface area (Å²) in [5.74, 6) is 0.417. The van der Waals surface area contributed by atoms with Gasteiger partial charge in [-0.3, -0.25) is 19.6 Å². The number of aromatic nitrogens is 2. The van der Waals surface area contributed by atoms with Gasteiger partial charge in [0.25, 0.3) is 0 Å². The highest BCUT2D eigenvalue weighted by Gasteiger charge is 2.23. The maximum absolute atomic E-state index is 12.0. The van der Waals surface area contributed by atoms with Crippen molar-refractivity contribution in [2.45, 2.75) is 25.7 Å². The van der Waals surface area contributed by atoms with Crippen LogP contribution in [0.5, 0.6) is 0 Å². The van der Waals surface area contributed by atoms with Crippen molar-refractivity contribution >= 4 is 66.4 Å². The smallest absolute Gasteiger partial charge is 0.165 e. The van der Waals surface area contributed by atoms with Gasteiger partial charge < -0.3 is 11.1 Å². The molecule has 8 rings (SSSR count). The molecule has 0 bridgehead atoms. The summed E-state index contributed by atoms with van der Waals surface area (Å²) >= 11 is 3.37. The third-order valence-corrected chi connectivity index (χ3v) is 7.99. The van der Waals surface area contributed by atoms with Gasteiger partial charge in [0.05, 0.1) is 22.9 Å². The average molecular weight is 630 g/mol. The van der Waals surface area contributed by atoms with Gasteiger partial charge in [-0.05, 0) is 76.3 Å². The first kappa shape index (κ1) is 28.2. The van der Waals surface area contributed by atoms with Crippen molar-refractivity contribution in [1.82, 2.24) is 9.97 Å². The highest BCUT2D eigenvalue weighted by atomic mass is 79.9. The number of nitrogens with one attached hydrogen (secondary N) is 1. The van der Waals surface area contributed by atoms with Crippen LogP contribution in [0.3, 0.4) is 0 Å². The molecule has 7 heteroatoms. The van der Waals surface area contributed by atoms with E-state index in [2.05, 4.69) is 43.3 Å². The second-order valence-corrected chi connectivity index (χ2v) is 11.4. The molecule has 0 radical (unpaired) electrons. The Hall–Kier alpha value is -4.88. The van der Waals surface area contributed by atoms with Crippen LogP contribution in [0.2, 0.25) is 0 Å². The van der Waals surface area contributed by atoms with Gasteiger partial charge in [-0.2, -0.15) is 0 Å². The van der Waals surface area contributed by atoms with E-state index >= 15 is 0 Å². The number of Topliss-reactive ketones (excluding diaryl/α,β-unsaturated/α-hetero) is 2. The molecule has 6 nitrogen and oxygen atoms in total. The van der Waals surface area contributed by atoms with Crippen LogP contribution in [-0.4, -0.2) is 21.5 Å². The van der Waals surface area contributed by atoms with Crippen LogP contribution in [0.15, 0.2) is 114 Å². The lowest BCUT2D eigenvalue weighted by atomic mass is 10.1. The van der Waals surface area contributed by atoms with Crippen molar-refractivity contribution in [3.05, 3.63) is 136 Å². The third kappa shape index (κ3) is 6.32. The minimum Gasteiger partial charge on any atom is -0.398 e. The normalized spacial score (nSPS) is 13.0. The number of halogens is 1. The van der Waals surface area contributed by atoms with Crippen LogP contribution < -0.4 is 11.1 Å². The fraction of sp³-hybridized carbons (Fsp3) is 0.111. The number of nitrogen functional groups attached to an aromatic ring is 1. The largest absolute Gasteiger partial charge is 0.398 e. The lowest BCUT2D eigenvalue weighted by Gasteiger charge is -2.11. The molecule has 2 heterocycles. The summed E-state index contributed by atoms with van der Waals surface area (Å²) in [5, 5.41) is 5.60. The molecule has 0 aliphatic heterocycles. The summed E-state index contributed by atoms with van der Waals surface area (Å²) in [4.78, 5) is 31.9. The Bertz CT molecular complexity index is 1990. The molecule has 0 amide bonds. The average Bonchev–Trinajstić information content (AvgIpc) is 3.61. The standard InChI is InChI=1S/C18H14N2O.C9H6BrN.C9H9NO/c21-17-9-8-12-5-3-7-16(18(12)17)20-14-10-13-4-1-2-6-15(13)19-11-14;10-8-5-7-3-1-2-4-9(7)11-6-8;10-7-3-1-2-6-4-5-8(11)9(6)7/h1-7,10-11,20H,8-9H2;1-6H;1-3H,4-5,10H2. The first-order chi connectivity index (χ1) is 21.0. The van der Waals surface area contributed by atoms with Gasteiger partial charge in [-0.15, -0.1) is 0 Å². The first-order valence-corrected chi connectivity index (χ1v) is 14.9. The monoisotopic (exact) mass is 628 g/mol. The molecule has 3 N–H and O–H groups in total. The van der Waals surface area contributed by atoms with E-state index in [1.54, 1.807) is 12.3 Å². The fourth-order valence-corrected chi connectivity index (χ4v) is 5.84. The minimum absolute atomic E-state index is 0.193. The Morgan fingerprint density at radius 3 is 1.91 bits per heavy atom. The molecule has 0 saturated heterocycles. The summed E-state index contributed by atoms with van der Waals surface area (Å²) in [6.07, 6.45) is 6.57. The second-order valence-electron chi connectivity index (χ2n) is 10.5. The van der Waals surface area contributed by atoms with E-state index in [4.69, 9.17) is 5.73 Å². The van der Waals surface area contributed by atoms with Crippen molar-refractivity contribution in [3.8, 4) is 0 Å². The van der Waals surface area contributed by atoms with E-state index in [0.717, 1.165) is 67.4 Å². The number of hydrogen-bond acceptors (Lipinski definition) is 6. The van der Waals surface area contributed by atoms with Gasteiger partial charge >= 0.3 is 0 Å². The van der Waals surface area contributed by atoms with Crippen LogP contribution in [0.25, 0.3) is 21.8 Å². The van der Waals surface area contributed by atoms with Crippen molar-refractivity contribution in [3.63, 3.8) is 0 Å². The Labute approximate surface area is 258 Å². The molecule has 43 heavy (non-hydrogen) atoms. The van der Waals surface area contributed by atoms with Gasteiger partial charge in [-0.1, -0.05) is 60.7 Å². The maximum atomic E-state index is 12.0. The Morgan fingerprint density at radius 1 is 0.628 bits per heavy atom. The number of pyridine rings is 2. The molecule has 0 atom stereocenters. The van der Waals surface area contributed by atoms with Crippen molar-refractivity contribution in [2.75, 3.05) is 11.1 Å². The number of para-hydroxylation sites is 2. The summed E-state index contributed by atoms with van der Waals surface area (Å²) in [6.45, 7) is 0. The molecule has 4 aromatic carbocycles. The fourth-order valence-electron chi connectivity index (χ4n) is 5.50. The molecule has 0 unspecified atom stereocenters. The predicted molar refractivity (Wildman–Crippen MR) is 177 cm³/mol. The predicted octanol–water partition coefficient (Wildman–Crippen LogP) is 8.50. The summed E-state index contributed by atoms with van der Waals surface area (Å²) in [6, 6.07) is 31.8. The van der Waals surface area contributed by atoms with Gasteiger partial charge in [0, 0.05) is 56.8 Å². The zero-order chi connectivity index (χ0) is 29.8. The van der Waals surface area contributed by atoms with Crippen LogP contribution in [-0.2, 0) is 12.8 Å². The van der Waals surface area contributed by atoms with E-state index in [0.29, 0.717) is 18.5 Å². The van der Waals surface area contributed by atoms with Gasteiger partial charge in [0.2, 0.25) is 0 Å². The van der Waals surface area contributed by atoms with E-state index in [-0.39, 0.29) is 11.6 Å². The number of carbonyl (C=O) groups is 2. The topological polar surface area (TPSA) is 98.0 Å². The Kier molecular flexibility index (Phi) is 8.24. The third-order valence-electron chi connectivity index (χ3n) is 7.56. The van der Waals surface area contributed by atoms with Gasteiger partial charge in [0.1, 0.15) is 0 Å². The second kappa shape index (κ2) is 12.5. The van der Waals surface area contributed by atoms with E-state index in [9.17, 15) is 9.59 Å². The number of nitrogens with two attached hydrogens (primary N) is 1. The van der Waals surface area contributed by atoms with Crippen LogP contribution in [0, 0.1) is 0 Å². The number of hydrogen-bond donors (Lipinski definition) is 2. The minimum atomic E-state index is 0.193. The SMILES string of the molecule is Brc1cnc2ccccc2c1.Nc1cccc2c1C(=O)CC2.O=C1CCc2cccc(Nc3cnc4ccccc4c3)c21. The number of benzene rings is 4. The Balaban J connectivity index is 0.000000126. The quantitative estimate of drug-likeness (QED) is 0.187.